The number of carboxylic acid groups (broad SMARTS) is 1. The van der Waals surface area contributed by atoms with E-state index in [1.165, 1.54) is 6.20 Å². The van der Waals surface area contributed by atoms with Crippen molar-refractivity contribution in [3.63, 3.8) is 0 Å². The van der Waals surface area contributed by atoms with Crippen molar-refractivity contribution in [3.8, 4) is 0 Å². The molecule has 1 atom stereocenters. The van der Waals surface area contributed by atoms with Crippen molar-refractivity contribution >= 4 is 17.9 Å². The molecular formula is C11H18N6O4. The lowest BCUT2D eigenvalue weighted by molar-refractivity contribution is -0.137. The minimum absolute atomic E-state index is 0.0506. The topological polar surface area (TPSA) is 152 Å². The van der Waals surface area contributed by atoms with Crippen molar-refractivity contribution in [2.45, 2.75) is 33.0 Å². The predicted molar refractivity (Wildman–Crippen MR) is 70.8 cm³/mol. The average Bonchev–Trinajstić information content (AvgIpc) is 2.79. The highest BCUT2D eigenvalue weighted by atomic mass is 16.4. The fourth-order valence-corrected chi connectivity index (χ4v) is 1.56. The van der Waals surface area contributed by atoms with E-state index in [0.29, 0.717) is 5.69 Å². The van der Waals surface area contributed by atoms with E-state index >= 15 is 0 Å². The van der Waals surface area contributed by atoms with Crippen LogP contribution in [0.2, 0.25) is 0 Å². The van der Waals surface area contributed by atoms with Gasteiger partial charge in [0, 0.05) is 0 Å². The van der Waals surface area contributed by atoms with Crippen LogP contribution in [0.15, 0.2) is 6.20 Å². The summed E-state index contributed by atoms with van der Waals surface area (Å²) in [5.41, 5.74) is 5.58. The van der Waals surface area contributed by atoms with Gasteiger partial charge in [-0.1, -0.05) is 19.1 Å². The zero-order valence-corrected chi connectivity index (χ0v) is 11.7. The standard InChI is InChI=1S/C11H18N6O4/c1-6(2)9(10(12)20)14-11(21)13-3-7-4-17(16-15-7)5-8(18)19/h4,6,9H,3,5H2,1-2H3,(H2,12,20)(H,18,19)(H2,13,14,21). The van der Waals surface area contributed by atoms with Gasteiger partial charge in [0.15, 0.2) is 0 Å². The normalized spacial score (nSPS) is 12.0. The molecule has 0 bridgehead atoms. The molecule has 1 unspecified atom stereocenters. The van der Waals surface area contributed by atoms with Gasteiger partial charge in [0.1, 0.15) is 18.3 Å². The Morgan fingerprint density at radius 3 is 2.62 bits per heavy atom. The van der Waals surface area contributed by atoms with Gasteiger partial charge < -0.3 is 21.5 Å². The maximum Gasteiger partial charge on any atom is 0.325 e. The van der Waals surface area contributed by atoms with Gasteiger partial charge in [-0.05, 0) is 5.92 Å². The van der Waals surface area contributed by atoms with E-state index in [4.69, 9.17) is 10.8 Å². The smallest absolute Gasteiger partial charge is 0.325 e. The Morgan fingerprint density at radius 1 is 1.43 bits per heavy atom. The van der Waals surface area contributed by atoms with Gasteiger partial charge in [-0.15, -0.1) is 5.10 Å². The van der Waals surface area contributed by atoms with Crippen molar-refractivity contribution in [1.82, 2.24) is 25.6 Å². The molecule has 116 valence electrons. The van der Waals surface area contributed by atoms with Crippen LogP contribution >= 0.6 is 0 Å². The molecule has 1 aromatic heterocycles. The Bertz CT molecular complexity index is 527. The van der Waals surface area contributed by atoms with Gasteiger partial charge >= 0.3 is 12.0 Å². The van der Waals surface area contributed by atoms with Gasteiger partial charge in [0.05, 0.1) is 12.7 Å². The Kier molecular flexibility index (Phi) is 5.64. The first-order chi connectivity index (χ1) is 9.79. The fraction of sp³-hybridized carbons (Fsp3) is 0.545. The number of hydrogen-bond acceptors (Lipinski definition) is 5. The lowest BCUT2D eigenvalue weighted by Crippen LogP contribution is -2.50. The van der Waals surface area contributed by atoms with Gasteiger partial charge in [0.2, 0.25) is 5.91 Å². The molecule has 10 heteroatoms. The minimum atomic E-state index is -1.04. The van der Waals surface area contributed by atoms with Gasteiger partial charge in [-0.2, -0.15) is 0 Å². The molecule has 5 N–H and O–H groups in total. The van der Waals surface area contributed by atoms with Crippen LogP contribution in [0.4, 0.5) is 4.79 Å². The largest absolute Gasteiger partial charge is 0.480 e. The quantitative estimate of drug-likeness (QED) is 0.489. The lowest BCUT2D eigenvalue weighted by atomic mass is 10.0. The number of nitrogens with zero attached hydrogens (tertiary/aromatic N) is 3. The van der Waals surface area contributed by atoms with Gasteiger partial charge in [0.25, 0.3) is 0 Å². The van der Waals surface area contributed by atoms with Gasteiger partial charge in [-0.3, -0.25) is 9.59 Å². The van der Waals surface area contributed by atoms with Crippen molar-refractivity contribution in [2.24, 2.45) is 11.7 Å². The highest BCUT2D eigenvalue weighted by molar-refractivity contribution is 5.86. The zero-order valence-electron chi connectivity index (χ0n) is 11.7. The molecule has 0 aliphatic heterocycles. The van der Waals surface area contributed by atoms with Crippen LogP contribution in [0.3, 0.4) is 0 Å². The molecule has 1 rings (SSSR count). The number of carbonyl (C=O) groups excluding carboxylic acids is 2. The van der Waals surface area contributed by atoms with E-state index < -0.39 is 23.9 Å². The Hall–Kier alpha value is -2.65. The number of nitrogens with one attached hydrogen (secondary N) is 2. The second-order valence-corrected chi connectivity index (χ2v) is 4.75. The van der Waals surface area contributed by atoms with Crippen LogP contribution in [0.5, 0.6) is 0 Å². The van der Waals surface area contributed by atoms with Crippen molar-refractivity contribution in [1.29, 1.82) is 0 Å². The van der Waals surface area contributed by atoms with Crippen LogP contribution in [-0.4, -0.2) is 44.0 Å². The van der Waals surface area contributed by atoms with E-state index in [1.807, 2.05) is 0 Å². The molecule has 0 spiro atoms. The number of rotatable bonds is 7. The third-order valence-corrected chi connectivity index (χ3v) is 2.57. The summed E-state index contributed by atoms with van der Waals surface area (Å²) in [6.07, 6.45) is 1.41. The number of primary amides is 1. The van der Waals surface area contributed by atoms with Crippen molar-refractivity contribution in [2.75, 3.05) is 0 Å². The summed E-state index contributed by atoms with van der Waals surface area (Å²) in [7, 11) is 0. The second-order valence-electron chi connectivity index (χ2n) is 4.75. The summed E-state index contributed by atoms with van der Waals surface area (Å²) in [6.45, 7) is 3.26. The van der Waals surface area contributed by atoms with Crippen LogP contribution < -0.4 is 16.4 Å². The first-order valence-electron chi connectivity index (χ1n) is 6.24. The van der Waals surface area contributed by atoms with E-state index in [9.17, 15) is 14.4 Å². The number of carbonyl (C=O) groups is 3. The number of carboxylic acids is 1. The van der Waals surface area contributed by atoms with Crippen molar-refractivity contribution < 1.29 is 19.5 Å². The number of aliphatic carboxylic acids is 1. The first kappa shape index (κ1) is 16.4. The highest BCUT2D eigenvalue weighted by Gasteiger charge is 2.21. The maximum atomic E-state index is 11.6. The predicted octanol–water partition coefficient (Wildman–Crippen LogP) is -1.33. The summed E-state index contributed by atoms with van der Waals surface area (Å²) in [5, 5.41) is 20.8. The van der Waals surface area contributed by atoms with E-state index in [2.05, 4.69) is 20.9 Å². The van der Waals surface area contributed by atoms with Crippen LogP contribution in [-0.2, 0) is 22.7 Å². The molecule has 1 heterocycles. The third kappa shape index (κ3) is 5.47. The Balaban J connectivity index is 2.47. The molecule has 0 aliphatic carbocycles. The van der Waals surface area contributed by atoms with E-state index in [1.54, 1.807) is 13.8 Å². The molecule has 10 nitrogen and oxygen atoms in total. The summed E-state index contributed by atoms with van der Waals surface area (Å²) < 4.78 is 1.14. The molecule has 0 radical (unpaired) electrons. The van der Waals surface area contributed by atoms with E-state index in [-0.39, 0.29) is 19.0 Å². The maximum absolute atomic E-state index is 11.6. The summed E-state index contributed by atoms with van der Waals surface area (Å²) in [5.74, 6) is -1.80. The Labute approximate surface area is 120 Å². The summed E-state index contributed by atoms with van der Waals surface area (Å²) in [6, 6.07) is -1.34. The van der Waals surface area contributed by atoms with Crippen LogP contribution in [0, 0.1) is 5.92 Å². The number of urea groups is 1. The number of hydrogen-bond donors (Lipinski definition) is 4. The monoisotopic (exact) mass is 298 g/mol. The molecule has 0 aromatic carbocycles. The number of nitrogens with two attached hydrogens (primary N) is 1. The Morgan fingerprint density at radius 2 is 2.10 bits per heavy atom. The molecule has 0 saturated carbocycles. The molecule has 21 heavy (non-hydrogen) atoms. The van der Waals surface area contributed by atoms with E-state index in [0.717, 1.165) is 4.68 Å². The minimum Gasteiger partial charge on any atom is -0.480 e. The first-order valence-corrected chi connectivity index (χ1v) is 6.24. The molecule has 0 aliphatic rings. The van der Waals surface area contributed by atoms with Gasteiger partial charge in [-0.25, -0.2) is 9.48 Å². The molecule has 0 saturated heterocycles. The fourth-order valence-electron chi connectivity index (χ4n) is 1.56. The third-order valence-electron chi connectivity index (χ3n) is 2.57. The van der Waals surface area contributed by atoms with Crippen LogP contribution in [0.25, 0.3) is 0 Å². The summed E-state index contributed by atoms with van der Waals surface area (Å²) >= 11 is 0. The molecule has 0 fully saturated rings. The highest BCUT2D eigenvalue weighted by Crippen LogP contribution is 2.00. The zero-order chi connectivity index (χ0) is 16.0. The second kappa shape index (κ2) is 7.22. The summed E-state index contributed by atoms with van der Waals surface area (Å²) in [4.78, 5) is 33.3. The number of amides is 3. The molecular weight excluding hydrogens is 280 g/mol. The SMILES string of the molecule is CC(C)C(NC(=O)NCc1cn(CC(=O)O)nn1)C(N)=O. The molecule has 3 amide bonds. The average molecular weight is 298 g/mol. The molecule has 1 aromatic rings. The van der Waals surface area contributed by atoms with Crippen LogP contribution in [0.1, 0.15) is 19.5 Å². The number of aromatic nitrogens is 3. The van der Waals surface area contributed by atoms with Crippen molar-refractivity contribution in [3.05, 3.63) is 11.9 Å². The lowest BCUT2D eigenvalue weighted by Gasteiger charge is -2.18.